The summed E-state index contributed by atoms with van der Waals surface area (Å²) in [4.78, 5) is 17.1. The largest absolute Gasteiger partial charge is 0.418 e. The van der Waals surface area contributed by atoms with Crippen LogP contribution in [-0.4, -0.2) is 72.6 Å². The number of non-ortho nitro benzene ring substituents is 1. The summed E-state index contributed by atoms with van der Waals surface area (Å²) in [6.45, 7) is 0.613. The summed E-state index contributed by atoms with van der Waals surface area (Å²) in [5.41, 5.74) is -2.89. The minimum atomic E-state index is -5.01. The normalized spacial score (nSPS) is 15.3. The summed E-state index contributed by atoms with van der Waals surface area (Å²) in [5.74, 6) is 0.653. The Bertz CT molecular complexity index is 1140. The van der Waals surface area contributed by atoms with Crippen LogP contribution >= 0.6 is 31.9 Å². The molecule has 1 aromatic heterocycles. The zero-order valence-corrected chi connectivity index (χ0v) is 22.3. The number of hydrogen-bond donors (Lipinski definition) is 0. The number of piperazine rings is 1. The highest BCUT2D eigenvalue weighted by Crippen LogP contribution is 2.44. The first-order valence-electron chi connectivity index (χ1n) is 10.4. The van der Waals surface area contributed by atoms with Gasteiger partial charge in [0, 0.05) is 68.3 Å². The zero-order valence-electron chi connectivity index (χ0n) is 18.3. The lowest BCUT2D eigenvalue weighted by Gasteiger charge is -2.36. The van der Waals surface area contributed by atoms with E-state index in [2.05, 4.69) is 36.8 Å². The minimum absolute atomic E-state index is 0.0146. The first kappa shape index (κ1) is 27.6. The van der Waals surface area contributed by atoms with Gasteiger partial charge in [-0.15, -0.1) is 0 Å². The van der Waals surface area contributed by atoms with Crippen LogP contribution < -0.4 is 9.80 Å². The van der Waals surface area contributed by atoms with E-state index < -0.39 is 43.0 Å². The molecule has 35 heavy (non-hydrogen) atoms. The smallest absolute Gasteiger partial charge is 0.368 e. The van der Waals surface area contributed by atoms with Crippen molar-refractivity contribution in [2.75, 3.05) is 59.7 Å². The molecule has 1 aliphatic rings. The lowest BCUT2D eigenvalue weighted by atomic mass is 10.1. The van der Waals surface area contributed by atoms with Crippen LogP contribution in [0, 0.1) is 10.1 Å². The molecule has 0 aliphatic carbocycles. The number of benzene rings is 1. The molecule has 0 saturated carbocycles. The third-order valence-electron chi connectivity index (χ3n) is 5.43. The summed E-state index contributed by atoms with van der Waals surface area (Å²) < 4.78 is 70.7. The van der Waals surface area contributed by atoms with E-state index in [1.54, 1.807) is 24.4 Å². The molecule has 2 heterocycles. The van der Waals surface area contributed by atoms with E-state index in [1.807, 2.05) is 4.90 Å². The Kier molecular flexibility index (Phi) is 8.99. The number of rotatable bonds is 9. The number of sulfonamides is 1. The number of aromatic nitrogens is 1. The molecular weight excluding hydrogens is 623 g/mol. The van der Waals surface area contributed by atoms with Gasteiger partial charge in [-0.1, -0.05) is 37.9 Å². The fourth-order valence-corrected chi connectivity index (χ4v) is 6.35. The fraction of sp³-hybridized carbons (Fsp3) is 0.450. The Morgan fingerprint density at radius 2 is 1.71 bits per heavy atom. The van der Waals surface area contributed by atoms with Crippen molar-refractivity contribution in [1.29, 1.82) is 0 Å². The Morgan fingerprint density at radius 3 is 2.20 bits per heavy atom. The van der Waals surface area contributed by atoms with Gasteiger partial charge in [0.05, 0.1) is 16.2 Å². The van der Waals surface area contributed by atoms with Crippen LogP contribution in [-0.2, 0) is 16.2 Å². The second-order valence-electron chi connectivity index (χ2n) is 7.54. The van der Waals surface area contributed by atoms with Gasteiger partial charge in [0.25, 0.3) is 5.69 Å². The van der Waals surface area contributed by atoms with Crippen LogP contribution in [0.5, 0.6) is 0 Å². The summed E-state index contributed by atoms with van der Waals surface area (Å²) >= 11 is 6.39. The molecule has 2 aromatic rings. The van der Waals surface area contributed by atoms with Gasteiger partial charge in [0.2, 0.25) is 10.0 Å². The van der Waals surface area contributed by atoms with Crippen LogP contribution in [0.4, 0.5) is 30.4 Å². The monoisotopic (exact) mass is 643 g/mol. The third kappa shape index (κ3) is 6.24. The van der Waals surface area contributed by atoms with Crippen molar-refractivity contribution in [2.45, 2.75) is 11.1 Å². The average Bonchev–Trinajstić information content (AvgIpc) is 2.83. The molecule has 1 aliphatic heterocycles. The summed E-state index contributed by atoms with van der Waals surface area (Å²) in [6.07, 6.45) is -3.41. The molecule has 0 bridgehead atoms. The minimum Gasteiger partial charge on any atom is -0.368 e. The van der Waals surface area contributed by atoms with Gasteiger partial charge in [0.15, 0.2) is 0 Å². The number of anilines is 2. The SMILES string of the molecule is O=[N+]([O-])c1cc(C(F)(F)F)c(N(CCBr)CCBr)c(S(=O)(=O)N2CCN(c3ccccn3)CC2)c1. The second kappa shape index (κ2) is 11.4. The van der Waals surface area contributed by atoms with Crippen molar-refractivity contribution < 1.29 is 26.5 Å². The third-order valence-corrected chi connectivity index (χ3v) is 8.05. The van der Waals surface area contributed by atoms with Crippen molar-refractivity contribution in [3.63, 3.8) is 0 Å². The molecule has 0 spiro atoms. The maximum Gasteiger partial charge on any atom is 0.418 e. The van der Waals surface area contributed by atoms with Crippen molar-refractivity contribution in [3.05, 3.63) is 52.2 Å². The Morgan fingerprint density at radius 1 is 1.09 bits per heavy atom. The predicted octanol–water partition coefficient (Wildman–Crippen LogP) is 4.12. The number of nitro groups is 1. The Hall–Kier alpha value is -1.97. The van der Waals surface area contributed by atoms with Crippen LogP contribution in [0.25, 0.3) is 0 Å². The summed E-state index contributed by atoms with van der Waals surface area (Å²) in [6, 6.07) is 6.43. The van der Waals surface area contributed by atoms with Crippen molar-refractivity contribution in [1.82, 2.24) is 9.29 Å². The van der Waals surface area contributed by atoms with Gasteiger partial charge in [-0.3, -0.25) is 10.1 Å². The maximum atomic E-state index is 14.1. The van der Waals surface area contributed by atoms with Gasteiger partial charge in [-0.25, -0.2) is 13.4 Å². The molecule has 0 amide bonds. The molecule has 0 N–H and O–H groups in total. The molecule has 1 aromatic carbocycles. The van der Waals surface area contributed by atoms with E-state index in [1.165, 1.54) is 4.90 Å². The molecular formula is C20H22Br2F3N5O4S. The summed E-state index contributed by atoms with van der Waals surface area (Å²) in [5, 5.41) is 12.0. The highest BCUT2D eigenvalue weighted by atomic mass is 79.9. The van der Waals surface area contributed by atoms with Crippen molar-refractivity contribution in [2.24, 2.45) is 0 Å². The standard InChI is InChI=1S/C20H22Br2F3N5O4S/c21-4-7-28(8-5-22)19-16(20(23,24)25)13-15(30(31)32)14-17(19)35(33,34)29-11-9-27(10-12-29)18-3-1-2-6-26-18/h1-3,6,13-14H,4-5,7-12H2. The van der Waals surface area contributed by atoms with Crippen LogP contribution in [0.1, 0.15) is 5.56 Å². The van der Waals surface area contributed by atoms with E-state index >= 15 is 0 Å². The van der Waals surface area contributed by atoms with Crippen LogP contribution in [0.3, 0.4) is 0 Å². The second-order valence-corrected chi connectivity index (χ2v) is 11.0. The van der Waals surface area contributed by atoms with E-state index in [0.717, 1.165) is 10.4 Å². The number of alkyl halides is 5. The number of pyridine rings is 1. The summed E-state index contributed by atoms with van der Waals surface area (Å²) in [7, 11) is -4.51. The number of nitro benzene ring substituents is 1. The van der Waals surface area contributed by atoms with E-state index in [-0.39, 0.29) is 49.9 Å². The van der Waals surface area contributed by atoms with E-state index in [4.69, 9.17) is 0 Å². The molecule has 1 saturated heterocycles. The fourth-order valence-electron chi connectivity index (χ4n) is 3.81. The van der Waals surface area contributed by atoms with E-state index in [9.17, 15) is 31.7 Å². The zero-order chi connectivity index (χ0) is 25.8. The topological polar surface area (TPSA) is 99.9 Å². The van der Waals surface area contributed by atoms with Crippen LogP contribution in [0.15, 0.2) is 41.4 Å². The molecule has 3 rings (SSSR count). The molecule has 1 fully saturated rings. The van der Waals surface area contributed by atoms with Crippen molar-refractivity contribution in [3.8, 4) is 0 Å². The highest BCUT2D eigenvalue weighted by molar-refractivity contribution is 9.09. The van der Waals surface area contributed by atoms with Crippen molar-refractivity contribution >= 4 is 59.1 Å². The van der Waals surface area contributed by atoms with Gasteiger partial charge in [-0.05, 0) is 12.1 Å². The van der Waals surface area contributed by atoms with E-state index in [0.29, 0.717) is 11.9 Å². The first-order valence-corrected chi connectivity index (χ1v) is 14.1. The predicted molar refractivity (Wildman–Crippen MR) is 133 cm³/mol. The Labute approximate surface area is 217 Å². The van der Waals surface area contributed by atoms with Gasteiger partial charge in [-0.2, -0.15) is 17.5 Å². The molecule has 9 nitrogen and oxygen atoms in total. The average molecular weight is 645 g/mol. The molecule has 15 heteroatoms. The van der Waals surface area contributed by atoms with Gasteiger partial charge in [0.1, 0.15) is 10.7 Å². The first-order chi connectivity index (χ1) is 16.5. The quantitative estimate of drug-likeness (QED) is 0.230. The van der Waals surface area contributed by atoms with Crippen LogP contribution in [0.2, 0.25) is 0 Å². The number of nitrogens with zero attached hydrogens (tertiary/aromatic N) is 5. The molecule has 192 valence electrons. The van der Waals surface area contributed by atoms with Gasteiger partial charge >= 0.3 is 6.18 Å². The maximum absolute atomic E-state index is 14.1. The molecule has 0 unspecified atom stereocenters. The lowest BCUT2D eigenvalue weighted by Crippen LogP contribution is -2.49. The van der Waals surface area contributed by atoms with Gasteiger partial charge < -0.3 is 9.80 Å². The number of halogens is 5. The number of hydrogen-bond acceptors (Lipinski definition) is 7. The lowest BCUT2D eigenvalue weighted by molar-refractivity contribution is -0.385. The highest BCUT2D eigenvalue weighted by Gasteiger charge is 2.42. The molecule has 0 radical (unpaired) electrons. The Balaban J connectivity index is 2.10. The molecule has 0 atom stereocenters.